The van der Waals surface area contributed by atoms with Crippen molar-refractivity contribution in [2.75, 3.05) is 4.90 Å². The summed E-state index contributed by atoms with van der Waals surface area (Å²) in [4.78, 5) is 35.4. The number of ketones is 1. The lowest BCUT2D eigenvalue weighted by molar-refractivity contribution is -0.132. The zero-order chi connectivity index (χ0) is 19.7. The summed E-state index contributed by atoms with van der Waals surface area (Å²) in [6.45, 7) is 0. The highest BCUT2D eigenvalue weighted by molar-refractivity contribution is 9.10. The van der Waals surface area contributed by atoms with Crippen molar-refractivity contribution in [3.05, 3.63) is 94.4 Å². The van der Waals surface area contributed by atoms with Gasteiger partial charge in [0.15, 0.2) is 0 Å². The van der Waals surface area contributed by atoms with Crippen LogP contribution in [0.5, 0.6) is 0 Å². The molecule has 1 aliphatic rings. The predicted octanol–water partition coefficient (Wildman–Crippen LogP) is 3.87. The van der Waals surface area contributed by atoms with Gasteiger partial charge in [-0.15, -0.1) is 0 Å². The van der Waals surface area contributed by atoms with Crippen LogP contribution in [0.3, 0.4) is 0 Å². The number of aliphatic hydroxyl groups is 1. The number of rotatable bonds is 3. The van der Waals surface area contributed by atoms with Gasteiger partial charge in [-0.25, -0.2) is 4.98 Å². The van der Waals surface area contributed by atoms with Crippen molar-refractivity contribution < 1.29 is 14.7 Å². The van der Waals surface area contributed by atoms with E-state index in [1.165, 1.54) is 4.90 Å². The molecular weight excluding hydrogens is 422 g/mol. The van der Waals surface area contributed by atoms with Crippen molar-refractivity contribution >= 4 is 39.2 Å². The molecule has 138 valence electrons. The lowest BCUT2D eigenvalue weighted by atomic mass is 9.96. The van der Waals surface area contributed by atoms with Crippen LogP contribution in [0.1, 0.15) is 17.2 Å². The summed E-state index contributed by atoms with van der Waals surface area (Å²) >= 11 is 3.36. The Morgan fingerprint density at radius 1 is 1.04 bits per heavy atom. The monoisotopic (exact) mass is 435 g/mol. The van der Waals surface area contributed by atoms with Crippen LogP contribution in [-0.2, 0) is 9.59 Å². The van der Waals surface area contributed by atoms with E-state index < -0.39 is 17.7 Å². The number of nitrogens with zero attached hydrogens (tertiary/aromatic N) is 3. The van der Waals surface area contributed by atoms with Crippen molar-refractivity contribution in [2.24, 2.45) is 0 Å². The number of hydrogen-bond donors (Lipinski definition) is 1. The smallest absolute Gasteiger partial charge is 0.301 e. The summed E-state index contributed by atoms with van der Waals surface area (Å²) in [5.74, 6) is -1.43. The van der Waals surface area contributed by atoms with Gasteiger partial charge in [-0.3, -0.25) is 19.5 Å². The number of carbonyl (C=O) groups is 2. The van der Waals surface area contributed by atoms with Gasteiger partial charge in [0.05, 0.1) is 11.6 Å². The second kappa shape index (κ2) is 7.36. The molecule has 0 saturated carbocycles. The summed E-state index contributed by atoms with van der Waals surface area (Å²) in [6, 6.07) is 14.7. The topological polar surface area (TPSA) is 83.4 Å². The minimum atomic E-state index is -0.831. The minimum Gasteiger partial charge on any atom is -0.507 e. The zero-order valence-corrected chi connectivity index (χ0v) is 16.1. The van der Waals surface area contributed by atoms with E-state index in [9.17, 15) is 14.7 Å². The third kappa shape index (κ3) is 3.10. The van der Waals surface area contributed by atoms with Gasteiger partial charge in [-0.2, -0.15) is 0 Å². The predicted molar refractivity (Wildman–Crippen MR) is 107 cm³/mol. The van der Waals surface area contributed by atoms with E-state index in [1.54, 1.807) is 67.1 Å². The molecule has 1 amide bonds. The number of benzene rings is 1. The Bertz CT molecular complexity index is 1080. The Labute approximate surface area is 169 Å². The molecule has 4 rings (SSSR count). The maximum Gasteiger partial charge on any atom is 0.301 e. The zero-order valence-electron chi connectivity index (χ0n) is 14.5. The number of aliphatic hydroxyl groups excluding tert-OH is 1. The molecule has 0 spiro atoms. The van der Waals surface area contributed by atoms with Gasteiger partial charge in [0.2, 0.25) is 0 Å². The Morgan fingerprint density at radius 3 is 2.57 bits per heavy atom. The molecule has 3 heterocycles. The highest BCUT2D eigenvalue weighted by atomic mass is 79.9. The number of hydrogen-bond acceptors (Lipinski definition) is 5. The summed E-state index contributed by atoms with van der Waals surface area (Å²) in [5.41, 5.74) is 1.04. The summed E-state index contributed by atoms with van der Waals surface area (Å²) in [6.07, 6.45) is 4.72. The number of anilines is 1. The van der Waals surface area contributed by atoms with E-state index >= 15 is 0 Å². The quantitative estimate of drug-likeness (QED) is 0.383. The largest absolute Gasteiger partial charge is 0.507 e. The second-order valence-corrected chi connectivity index (χ2v) is 7.07. The molecule has 1 aliphatic heterocycles. The first-order valence-corrected chi connectivity index (χ1v) is 9.25. The Balaban J connectivity index is 1.95. The van der Waals surface area contributed by atoms with Crippen LogP contribution in [0, 0.1) is 0 Å². The van der Waals surface area contributed by atoms with Crippen molar-refractivity contribution in [1.82, 2.24) is 9.97 Å². The molecule has 1 fully saturated rings. The molecule has 0 aliphatic carbocycles. The molecule has 6 nitrogen and oxygen atoms in total. The van der Waals surface area contributed by atoms with Crippen LogP contribution in [0.4, 0.5) is 5.82 Å². The van der Waals surface area contributed by atoms with Gasteiger partial charge in [-0.1, -0.05) is 40.2 Å². The maximum absolute atomic E-state index is 12.9. The van der Waals surface area contributed by atoms with Crippen LogP contribution < -0.4 is 4.90 Å². The van der Waals surface area contributed by atoms with Gasteiger partial charge in [0.1, 0.15) is 11.6 Å². The highest BCUT2D eigenvalue weighted by Gasteiger charge is 2.47. The van der Waals surface area contributed by atoms with Crippen LogP contribution in [0.25, 0.3) is 5.76 Å². The van der Waals surface area contributed by atoms with Gasteiger partial charge in [0.25, 0.3) is 5.78 Å². The Morgan fingerprint density at radius 2 is 1.89 bits per heavy atom. The first kappa shape index (κ1) is 18.1. The normalized spacial score (nSPS) is 18.5. The third-order valence-corrected chi connectivity index (χ3v) is 4.93. The average Bonchev–Trinajstić information content (AvgIpc) is 2.99. The molecular formula is C21H14BrN3O3. The molecule has 0 radical (unpaired) electrons. The first-order valence-electron chi connectivity index (χ1n) is 8.46. The number of amides is 1. The van der Waals surface area contributed by atoms with Crippen molar-refractivity contribution in [3.8, 4) is 0 Å². The number of pyridine rings is 2. The lowest BCUT2D eigenvalue weighted by Crippen LogP contribution is -2.30. The van der Waals surface area contributed by atoms with E-state index in [-0.39, 0.29) is 11.3 Å². The Kier molecular flexibility index (Phi) is 4.75. The number of Topliss-reactive ketones (excluding diaryl/α,β-unsaturated/α-hetero) is 1. The van der Waals surface area contributed by atoms with E-state index in [2.05, 4.69) is 25.9 Å². The first-order chi connectivity index (χ1) is 13.6. The van der Waals surface area contributed by atoms with Crippen LogP contribution >= 0.6 is 15.9 Å². The third-order valence-electron chi connectivity index (χ3n) is 4.44. The molecule has 7 heteroatoms. The van der Waals surface area contributed by atoms with E-state index in [4.69, 9.17) is 0 Å². The summed E-state index contributed by atoms with van der Waals surface area (Å²) < 4.78 is 0.744. The fraction of sp³-hybridized carbons (Fsp3) is 0.0476. The standard InChI is InChI=1S/C21H14BrN3O3/c22-15-7-3-5-13(11-15)19(26)17-18(14-6-4-9-23-12-14)25(21(28)20(17)27)16-8-1-2-10-24-16/h1-12,18,26H/t18-/m0/s1. The van der Waals surface area contributed by atoms with E-state index in [0.29, 0.717) is 16.9 Å². The number of halogens is 1. The van der Waals surface area contributed by atoms with Gasteiger partial charge < -0.3 is 5.11 Å². The highest BCUT2D eigenvalue weighted by Crippen LogP contribution is 2.41. The minimum absolute atomic E-state index is 0.00162. The fourth-order valence-electron chi connectivity index (χ4n) is 3.21. The molecule has 1 saturated heterocycles. The van der Waals surface area contributed by atoms with Crippen LogP contribution in [-0.4, -0.2) is 26.8 Å². The van der Waals surface area contributed by atoms with Crippen molar-refractivity contribution in [3.63, 3.8) is 0 Å². The van der Waals surface area contributed by atoms with Crippen molar-refractivity contribution in [2.45, 2.75) is 6.04 Å². The number of carbonyl (C=O) groups excluding carboxylic acids is 2. The van der Waals surface area contributed by atoms with Gasteiger partial charge in [0, 0.05) is 28.6 Å². The van der Waals surface area contributed by atoms with Crippen LogP contribution in [0.15, 0.2) is 83.2 Å². The molecule has 1 atom stereocenters. The summed E-state index contributed by atoms with van der Waals surface area (Å²) in [7, 11) is 0. The molecule has 1 aromatic carbocycles. The van der Waals surface area contributed by atoms with Gasteiger partial charge in [-0.05, 0) is 35.9 Å². The molecule has 3 aromatic rings. The van der Waals surface area contributed by atoms with E-state index in [1.807, 2.05) is 6.07 Å². The fourth-order valence-corrected chi connectivity index (χ4v) is 3.61. The van der Waals surface area contributed by atoms with Crippen molar-refractivity contribution in [1.29, 1.82) is 0 Å². The molecule has 2 aromatic heterocycles. The number of aromatic nitrogens is 2. The maximum atomic E-state index is 12.9. The average molecular weight is 436 g/mol. The molecule has 1 N–H and O–H groups in total. The summed E-state index contributed by atoms with van der Waals surface area (Å²) in [5, 5.41) is 10.9. The molecule has 0 unspecified atom stereocenters. The second-order valence-electron chi connectivity index (χ2n) is 6.15. The molecule has 0 bridgehead atoms. The van der Waals surface area contributed by atoms with Gasteiger partial charge >= 0.3 is 5.91 Å². The SMILES string of the molecule is O=C1C(=O)N(c2ccccn2)[C@@H](c2cccnc2)C1=C(O)c1cccc(Br)c1. The lowest BCUT2D eigenvalue weighted by Gasteiger charge is -2.24. The Hall–Kier alpha value is -3.32. The van der Waals surface area contributed by atoms with E-state index in [0.717, 1.165) is 4.47 Å². The van der Waals surface area contributed by atoms with Crippen LogP contribution in [0.2, 0.25) is 0 Å². The molecule has 28 heavy (non-hydrogen) atoms.